The van der Waals surface area contributed by atoms with Crippen molar-refractivity contribution in [1.82, 2.24) is 9.80 Å². The fourth-order valence-electron chi connectivity index (χ4n) is 3.35. The molecule has 144 valence electrons. The van der Waals surface area contributed by atoms with Crippen molar-refractivity contribution in [1.29, 1.82) is 0 Å². The van der Waals surface area contributed by atoms with Gasteiger partial charge in [0, 0.05) is 39.1 Å². The summed E-state index contributed by atoms with van der Waals surface area (Å²) in [6.07, 6.45) is 0.0646. The summed E-state index contributed by atoms with van der Waals surface area (Å²) in [5.74, 6) is 0.912. The first kappa shape index (κ1) is 19.2. The smallest absolute Gasteiger partial charge is 0.407 e. The maximum atomic E-state index is 11.0. The Hall–Kier alpha value is -2.53. The molecule has 2 aromatic rings. The van der Waals surface area contributed by atoms with E-state index in [0.717, 1.165) is 31.8 Å². The van der Waals surface area contributed by atoms with E-state index in [1.54, 1.807) is 0 Å². The minimum absolute atomic E-state index is 0.586. The van der Waals surface area contributed by atoms with E-state index in [0.29, 0.717) is 19.7 Å². The molecule has 27 heavy (non-hydrogen) atoms. The Morgan fingerprint density at radius 2 is 1.74 bits per heavy atom. The molecule has 1 aliphatic heterocycles. The first-order valence-corrected chi connectivity index (χ1v) is 9.49. The SMILES string of the molecule is Cc1ccc(OCCc2ccc(CN3CCN(C(=O)O)CC3)c(C)c2)cc1. The second kappa shape index (κ2) is 8.91. The molecule has 1 heterocycles. The van der Waals surface area contributed by atoms with E-state index >= 15 is 0 Å². The number of carboxylic acid groups (broad SMARTS) is 1. The Morgan fingerprint density at radius 1 is 1.04 bits per heavy atom. The fourth-order valence-corrected chi connectivity index (χ4v) is 3.35. The van der Waals surface area contributed by atoms with Crippen molar-refractivity contribution in [3.63, 3.8) is 0 Å². The average molecular weight is 368 g/mol. The number of nitrogens with zero attached hydrogens (tertiary/aromatic N) is 2. The van der Waals surface area contributed by atoms with E-state index in [1.165, 1.54) is 27.2 Å². The summed E-state index contributed by atoms with van der Waals surface area (Å²) >= 11 is 0. The van der Waals surface area contributed by atoms with E-state index in [-0.39, 0.29) is 0 Å². The molecule has 1 amide bonds. The van der Waals surface area contributed by atoms with Crippen molar-refractivity contribution in [2.45, 2.75) is 26.8 Å². The zero-order valence-corrected chi connectivity index (χ0v) is 16.1. The van der Waals surface area contributed by atoms with E-state index < -0.39 is 6.09 Å². The number of ether oxygens (including phenoxy) is 1. The van der Waals surface area contributed by atoms with Crippen molar-refractivity contribution in [3.05, 3.63) is 64.7 Å². The highest BCUT2D eigenvalue weighted by atomic mass is 16.5. The van der Waals surface area contributed by atoms with Crippen molar-refractivity contribution in [2.24, 2.45) is 0 Å². The lowest BCUT2D eigenvalue weighted by molar-refractivity contribution is 0.103. The molecule has 0 atom stereocenters. The van der Waals surface area contributed by atoms with Gasteiger partial charge in [-0.05, 0) is 42.7 Å². The molecule has 1 N–H and O–H groups in total. The molecule has 5 nitrogen and oxygen atoms in total. The van der Waals surface area contributed by atoms with Crippen LogP contribution < -0.4 is 4.74 Å². The predicted molar refractivity (Wildman–Crippen MR) is 106 cm³/mol. The number of rotatable bonds is 6. The van der Waals surface area contributed by atoms with Crippen molar-refractivity contribution < 1.29 is 14.6 Å². The molecule has 0 spiro atoms. The zero-order chi connectivity index (χ0) is 19.2. The number of hydrogen-bond acceptors (Lipinski definition) is 3. The van der Waals surface area contributed by atoms with Gasteiger partial charge in [-0.25, -0.2) is 4.79 Å². The van der Waals surface area contributed by atoms with Gasteiger partial charge in [-0.1, -0.05) is 35.9 Å². The Kier molecular flexibility index (Phi) is 6.35. The van der Waals surface area contributed by atoms with Crippen LogP contribution in [0.1, 0.15) is 22.3 Å². The van der Waals surface area contributed by atoms with Crippen LogP contribution in [0.25, 0.3) is 0 Å². The molecule has 2 aromatic carbocycles. The third kappa shape index (κ3) is 5.47. The molecule has 0 unspecified atom stereocenters. The average Bonchev–Trinajstić information content (AvgIpc) is 2.66. The van der Waals surface area contributed by atoms with Crippen molar-refractivity contribution in [3.8, 4) is 5.75 Å². The lowest BCUT2D eigenvalue weighted by Crippen LogP contribution is -2.47. The van der Waals surface area contributed by atoms with Crippen LogP contribution in [0.15, 0.2) is 42.5 Å². The van der Waals surface area contributed by atoms with Crippen LogP contribution in [0.4, 0.5) is 4.79 Å². The fraction of sp³-hybridized carbons (Fsp3) is 0.409. The Balaban J connectivity index is 1.48. The molecule has 1 aliphatic rings. The van der Waals surface area contributed by atoms with Gasteiger partial charge in [0.1, 0.15) is 5.75 Å². The summed E-state index contributed by atoms with van der Waals surface area (Å²) in [6.45, 7) is 8.51. The minimum atomic E-state index is -0.817. The molecule has 0 aliphatic carbocycles. The summed E-state index contributed by atoms with van der Waals surface area (Å²) in [6, 6.07) is 14.7. The first-order chi connectivity index (χ1) is 13.0. The van der Waals surface area contributed by atoms with Gasteiger partial charge in [0.25, 0.3) is 0 Å². The Bertz CT molecular complexity index is 766. The molecule has 3 rings (SSSR count). The van der Waals surface area contributed by atoms with Gasteiger partial charge in [0.15, 0.2) is 0 Å². The van der Waals surface area contributed by atoms with E-state index in [9.17, 15) is 4.79 Å². The standard InChI is InChI=1S/C22H28N2O3/c1-17-3-7-21(8-4-17)27-14-9-19-5-6-20(18(2)15-19)16-23-10-12-24(13-11-23)22(25)26/h3-8,15H,9-14,16H2,1-2H3,(H,25,26). The van der Waals surface area contributed by atoms with Gasteiger partial charge in [-0.15, -0.1) is 0 Å². The van der Waals surface area contributed by atoms with Gasteiger partial charge in [0.05, 0.1) is 6.61 Å². The molecule has 0 saturated carbocycles. The second-order valence-electron chi connectivity index (χ2n) is 7.22. The predicted octanol–water partition coefficient (Wildman–Crippen LogP) is 3.72. The third-order valence-corrected chi connectivity index (χ3v) is 5.12. The van der Waals surface area contributed by atoms with Crippen LogP contribution in [0, 0.1) is 13.8 Å². The van der Waals surface area contributed by atoms with Crippen LogP contribution in [-0.2, 0) is 13.0 Å². The summed E-state index contributed by atoms with van der Waals surface area (Å²) in [7, 11) is 0. The topological polar surface area (TPSA) is 53.0 Å². The van der Waals surface area contributed by atoms with Gasteiger partial charge in [-0.2, -0.15) is 0 Å². The Morgan fingerprint density at radius 3 is 2.37 bits per heavy atom. The number of carbonyl (C=O) groups is 1. The molecule has 1 fully saturated rings. The highest BCUT2D eigenvalue weighted by molar-refractivity contribution is 5.65. The number of benzene rings is 2. The quantitative estimate of drug-likeness (QED) is 0.844. The lowest BCUT2D eigenvalue weighted by Gasteiger charge is -2.33. The highest BCUT2D eigenvalue weighted by Gasteiger charge is 2.20. The van der Waals surface area contributed by atoms with Crippen molar-refractivity contribution >= 4 is 6.09 Å². The molecular weight excluding hydrogens is 340 g/mol. The maximum Gasteiger partial charge on any atom is 0.407 e. The molecule has 0 aromatic heterocycles. The second-order valence-corrected chi connectivity index (χ2v) is 7.22. The number of hydrogen-bond donors (Lipinski definition) is 1. The third-order valence-electron chi connectivity index (χ3n) is 5.12. The summed E-state index contributed by atoms with van der Waals surface area (Å²) in [5.41, 5.74) is 5.10. The molecule has 0 radical (unpaired) electrons. The minimum Gasteiger partial charge on any atom is -0.493 e. The largest absolute Gasteiger partial charge is 0.493 e. The molecular formula is C22H28N2O3. The first-order valence-electron chi connectivity index (χ1n) is 9.49. The summed E-state index contributed by atoms with van der Waals surface area (Å²) in [4.78, 5) is 14.8. The van der Waals surface area contributed by atoms with E-state index in [4.69, 9.17) is 9.84 Å². The summed E-state index contributed by atoms with van der Waals surface area (Å²) in [5, 5.41) is 9.04. The van der Waals surface area contributed by atoms with E-state index in [1.807, 2.05) is 12.1 Å². The lowest BCUT2D eigenvalue weighted by atomic mass is 10.0. The number of piperazine rings is 1. The molecule has 1 saturated heterocycles. The van der Waals surface area contributed by atoms with Gasteiger partial charge < -0.3 is 14.7 Å². The van der Waals surface area contributed by atoms with Gasteiger partial charge in [0.2, 0.25) is 0 Å². The van der Waals surface area contributed by atoms with Crippen LogP contribution in [0.3, 0.4) is 0 Å². The molecule has 0 bridgehead atoms. The molecule has 5 heteroatoms. The van der Waals surface area contributed by atoms with Gasteiger partial charge >= 0.3 is 6.09 Å². The monoisotopic (exact) mass is 368 g/mol. The summed E-state index contributed by atoms with van der Waals surface area (Å²) < 4.78 is 5.83. The number of aryl methyl sites for hydroxylation is 2. The maximum absolute atomic E-state index is 11.0. The normalized spacial score (nSPS) is 15.0. The highest BCUT2D eigenvalue weighted by Crippen LogP contribution is 2.17. The van der Waals surface area contributed by atoms with Crippen LogP contribution in [0.5, 0.6) is 5.75 Å². The van der Waals surface area contributed by atoms with Gasteiger partial charge in [-0.3, -0.25) is 4.90 Å². The van der Waals surface area contributed by atoms with Crippen LogP contribution >= 0.6 is 0 Å². The van der Waals surface area contributed by atoms with Crippen LogP contribution in [0.2, 0.25) is 0 Å². The van der Waals surface area contributed by atoms with Crippen molar-refractivity contribution in [2.75, 3.05) is 32.8 Å². The Labute approximate surface area is 161 Å². The zero-order valence-electron chi connectivity index (χ0n) is 16.1. The number of amides is 1. The van der Waals surface area contributed by atoms with E-state index in [2.05, 4.69) is 49.1 Å². The van der Waals surface area contributed by atoms with Crippen LogP contribution in [-0.4, -0.2) is 53.8 Å².